The quantitative estimate of drug-likeness (QED) is 0.575. The van der Waals surface area contributed by atoms with Crippen LogP contribution in [0.1, 0.15) is 10.4 Å². The van der Waals surface area contributed by atoms with Crippen LogP contribution in [0.15, 0.2) is 24.3 Å². The van der Waals surface area contributed by atoms with Crippen LogP contribution in [0.2, 0.25) is 0 Å². The van der Waals surface area contributed by atoms with Crippen molar-refractivity contribution in [1.82, 2.24) is 0 Å². The first-order valence-electron chi connectivity index (χ1n) is 2.79. The molecule has 1 aromatic carbocycles. The second-order valence-corrected chi connectivity index (χ2v) is 1.88. The standard InChI is InChI=1S/C7H7NO2.Ca.2H/c8-7(10)5-3-1-2-4-6(5)9;;;/h1-4,9H,(H2,8,10);;;. The molecular formula is C7H9CaNO2. The summed E-state index contributed by atoms with van der Waals surface area (Å²) in [5, 5.41) is 8.98. The molecule has 0 aliphatic heterocycles. The fourth-order valence-corrected chi connectivity index (χ4v) is 0.682. The molecule has 3 N–H and O–H groups in total. The average Bonchev–Trinajstić information content (AvgIpc) is 1.88. The van der Waals surface area contributed by atoms with Crippen molar-refractivity contribution in [3.63, 3.8) is 0 Å². The molecule has 0 aliphatic carbocycles. The number of phenols is 1. The van der Waals surface area contributed by atoms with Gasteiger partial charge in [-0.25, -0.2) is 0 Å². The number of amides is 1. The molecule has 1 aromatic rings. The van der Waals surface area contributed by atoms with Crippen LogP contribution in [0.25, 0.3) is 0 Å². The van der Waals surface area contributed by atoms with Gasteiger partial charge < -0.3 is 10.8 Å². The van der Waals surface area contributed by atoms with E-state index >= 15 is 0 Å². The number of para-hydroxylation sites is 1. The Morgan fingerprint density at radius 3 is 2.27 bits per heavy atom. The summed E-state index contributed by atoms with van der Waals surface area (Å²) >= 11 is 0. The molecule has 56 valence electrons. The van der Waals surface area contributed by atoms with Crippen molar-refractivity contribution in [2.45, 2.75) is 0 Å². The van der Waals surface area contributed by atoms with E-state index in [2.05, 4.69) is 0 Å². The van der Waals surface area contributed by atoms with Crippen LogP contribution in [-0.4, -0.2) is 48.8 Å². The number of primary amides is 1. The van der Waals surface area contributed by atoms with Gasteiger partial charge in [0.25, 0.3) is 5.91 Å². The predicted octanol–water partition coefficient (Wildman–Crippen LogP) is -0.425. The molecule has 0 saturated carbocycles. The topological polar surface area (TPSA) is 63.3 Å². The van der Waals surface area contributed by atoms with Crippen molar-refractivity contribution < 1.29 is 9.90 Å². The zero-order chi connectivity index (χ0) is 7.56. The minimum absolute atomic E-state index is 0. The van der Waals surface area contributed by atoms with Crippen LogP contribution in [0.4, 0.5) is 0 Å². The van der Waals surface area contributed by atoms with Crippen molar-refractivity contribution in [2.24, 2.45) is 5.73 Å². The van der Waals surface area contributed by atoms with E-state index in [-0.39, 0.29) is 49.1 Å². The Morgan fingerprint density at radius 1 is 1.36 bits per heavy atom. The molecule has 0 aliphatic rings. The molecule has 0 aromatic heterocycles. The summed E-state index contributed by atoms with van der Waals surface area (Å²) in [4.78, 5) is 10.5. The number of hydrogen-bond donors (Lipinski definition) is 2. The Labute approximate surface area is 94.2 Å². The van der Waals surface area contributed by atoms with Crippen LogP contribution in [0, 0.1) is 0 Å². The van der Waals surface area contributed by atoms with Crippen molar-refractivity contribution in [3.8, 4) is 5.75 Å². The van der Waals surface area contributed by atoms with Crippen LogP contribution in [0.5, 0.6) is 5.75 Å². The Kier molecular flexibility index (Phi) is 4.49. The van der Waals surface area contributed by atoms with Gasteiger partial charge in [0.05, 0.1) is 5.56 Å². The summed E-state index contributed by atoms with van der Waals surface area (Å²) in [6.45, 7) is 0. The number of carbonyl (C=O) groups is 1. The number of benzene rings is 1. The van der Waals surface area contributed by atoms with Gasteiger partial charge in [-0.1, -0.05) is 12.1 Å². The SMILES string of the molecule is NC(=O)c1ccccc1O.[CaH2]. The Balaban J connectivity index is 0.000001000. The maximum atomic E-state index is 10.5. The molecule has 4 heteroatoms. The van der Waals surface area contributed by atoms with Crippen LogP contribution >= 0.6 is 0 Å². The van der Waals surface area contributed by atoms with Gasteiger partial charge in [-0.3, -0.25) is 4.79 Å². The molecule has 3 nitrogen and oxygen atoms in total. The molecule has 1 rings (SSSR count). The molecule has 0 bridgehead atoms. The van der Waals surface area contributed by atoms with Gasteiger partial charge in [0.1, 0.15) is 5.75 Å². The van der Waals surface area contributed by atoms with Gasteiger partial charge in [-0.05, 0) is 12.1 Å². The van der Waals surface area contributed by atoms with Crippen LogP contribution in [-0.2, 0) is 0 Å². The summed E-state index contributed by atoms with van der Waals surface area (Å²) in [5.74, 6) is -0.687. The second-order valence-electron chi connectivity index (χ2n) is 1.88. The zero-order valence-electron chi connectivity index (χ0n) is 5.24. The predicted molar refractivity (Wildman–Crippen MR) is 45.2 cm³/mol. The third-order valence-electron chi connectivity index (χ3n) is 1.17. The van der Waals surface area contributed by atoms with E-state index in [4.69, 9.17) is 10.8 Å². The van der Waals surface area contributed by atoms with E-state index in [0.29, 0.717) is 0 Å². The first-order chi connectivity index (χ1) is 4.72. The van der Waals surface area contributed by atoms with Gasteiger partial charge >= 0.3 is 37.7 Å². The van der Waals surface area contributed by atoms with Crippen LogP contribution in [0.3, 0.4) is 0 Å². The average molecular weight is 179 g/mol. The van der Waals surface area contributed by atoms with E-state index in [1.54, 1.807) is 12.1 Å². The van der Waals surface area contributed by atoms with E-state index in [1.165, 1.54) is 12.1 Å². The molecule has 0 unspecified atom stereocenters. The van der Waals surface area contributed by atoms with Gasteiger partial charge in [-0.2, -0.15) is 0 Å². The van der Waals surface area contributed by atoms with E-state index in [1.807, 2.05) is 0 Å². The van der Waals surface area contributed by atoms with Crippen molar-refractivity contribution in [2.75, 3.05) is 0 Å². The second kappa shape index (κ2) is 4.59. The summed E-state index contributed by atoms with van der Waals surface area (Å²) in [6, 6.07) is 6.15. The summed E-state index contributed by atoms with van der Waals surface area (Å²) in [6.07, 6.45) is 0. The molecule has 11 heavy (non-hydrogen) atoms. The fraction of sp³-hybridized carbons (Fsp3) is 0. The molecule has 0 atom stereocenters. The van der Waals surface area contributed by atoms with Crippen molar-refractivity contribution >= 4 is 43.6 Å². The van der Waals surface area contributed by atoms with Gasteiger partial charge in [0, 0.05) is 0 Å². The normalized spacial score (nSPS) is 8.36. The van der Waals surface area contributed by atoms with Gasteiger partial charge in [-0.15, -0.1) is 0 Å². The molecule has 0 spiro atoms. The number of hydrogen-bond acceptors (Lipinski definition) is 2. The maximum absolute atomic E-state index is 10.5. The first kappa shape index (κ1) is 10.7. The fourth-order valence-electron chi connectivity index (χ4n) is 0.682. The summed E-state index contributed by atoms with van der Waals surface area (Å²) in [5.41, 5.74) is 5.07. The Bertz CT molecular complexity index is 262. The zero-order valence-corrected chi connectivity index (χ0v) is 5.24. The third-order valence-corrected chi connectivity index (χ3v) is 1.17. The third kappa shape index (κ3) is 2.69. The Morgan fingerprint density at radius 2 is 1.91 bits per heavy atom. The number of aromatic hydroxyl groups is 1. The van der Waals surface area contributed by atoms with Gasteiger partial charge in [0.15, 0.2) is 0 Å². The molecule has 0 radical (unpaired) electrons. The Hall–Kier alpha value is -0.250. The molecular weight excluding hydrogens is 170 g/mol. The summed E-state index contributed by atoms with van der Waals surface area (Å²) < 4.78 is 0. The first-order valence-corrected chi connectivity index (χ1v) is 2.79. The molecule has 0 heterocycles. The van der Waals surface area contributed by atoms with E-state index < -0.39 is 5.91 Å². The molecule has 0 fully saturated rings. The van der Waals surface area contributed by atoms with Crippen molar-refractivity contribution in [1.29, 1.82) is 0 Å². The van der Waals surface area contributed by atoms with Gasteiger partial charge in [0.2, 0.25) is 0 Å². The minimum atomic E-state index is -0.613. The monoisotopic (exact) mass is 179 g/mol. The van der Waals surface area contributed by atoms with E-state index in [0.717, 1.165) is 0 Å². The molecule has 0 saturated heterocycles. The van der Waals surface area contributed by atoms with Crippen molar-refractivity contribution in [3.05, 3.63) is 29.8 Å². The van der Waals surface area contributed by atoms with E-state index in [9.17, 15) is 4.79 Å². The molecule has 1 amide bonds. The summed E-state index contributed by atoms with van der Waals surface area (Å²) in [7, 11) is 0. The number of rotatable bonds is 1. The van der Waals surface area contributed by atoms with Crippen LogP contribution < -0.4 is 5.73 Å². The number of nitrogens with two attached hydrogens (primary N) is 1. The number of carbonyl (C=O) groups excluding carboxylic acids is 1.